The molecule has 1 aromatic carbocycles. The van der Waals surface area contributed by atoms with Gasteiger partial charge in [-0.05, 0) is 44.7 Å². The second-order valence-electron chi connectivity index (χ2n) is 7.16. The molecule has 5 nitrogen and oxygen atoms in total. The molecule has 3 N–H and O–H groups in total. The van der Waals surface area contributed by atoms with Crippen LogP contribution in [0.25, 0.3) is 0 Å². The van der Waals surface area contributed by atoms with E-state index in [1.54, 1.807) is 0 Å². The Kier molecular flexibility index (Phi) is 8.47. The highest BCUT2D eigenvalue weighted by Gasteiger charge is 2.16. The minimum atomic E-state index is -0.0861. The molecule has 24 heavy (non-hydrogen) atoms. The van der Waals surface area contributed by atoms with E-state index in [2.05, 4.69) is 24.5 Å². The van der Waals surface area contributed by atoms with Crippen LogP contribution in [0.2, 0.25) is 0 Å². The lowest BCUT2D eigenvalue weighted by Gasteiger charge is -2.17. The highest BCUT2D eigenvalue weighted by atomic mass is 16.2. The molecular formula is C19H32N3O2+. The summed E-state index contributed by atoms with van der Waals surface area (Å²) in [6, 6.07) is 7.85. The number of aryl methyl sites for hydroxylation is 1. The smallest absolute Gasteiger partial charge is 0.279 e. The van der Waals surface area contributed by atoms with Crippen molar-refractivity contribution in [2.45, 2.75) is 46.6 Å². The normalized spacial score (nSPS) is 13.4. The first kappa shape index (κ1) is 20.2. The van der Waals surface area contributed by atoms with Crippen LogP contribution in [0.3, 0.4) is 0 Å². The van der Waals surface area contributed by atoms with Crippen LogP contribution in [0.1, 0.15) is 39.2 Å². The molecular weight excluding hydrogens is 302 g/mol. The first-order valence-electron chi connectivity index (χ1n) is 8.73. The minimum Gasteiger partial charge on any atom is -0.349 e. The van der Waals surface area contributed by atoms with Gasteiger partial charge in [0.05, 0.1) is 7.05 Å². The van der Waals surface area contributed by atoms with Crippen molar-refractivity contribution >= 4 is 17.5 Å². The van der Waals surface area contributed by atoms with Crippen molar-refractivity contribution in [2.75, 3.05) is 25.5 Å². The predicted octanol–water partition coefficient (Wildman–Crippen LogP) is 1.39. The van der Waals surface area contributed by atoms with Crippen LogP contribution in [0.15, 0.2) is 24.3 Å². The average Bonchev–Trinajstić information content (AvgIpc) is 2.47. The van der Waals surface area contributed by atoms with Crippen molar-refractivity contribution in [3.8, 4) is 0 Å². The highest BCUT2D eigenvalue weighted by molar-refractivity contribution is 5.91. The molecule has 134 valence electrons. The third-order valence-corrected chi connectivity index (χ3v) is 3.84. The summed E-state index contributed by atoms with van der Waals surface area (Å²) in [7, 11) is 1.85. The Morgan fingerprint density at radius 1 is 1.00 bits per heavy atom. The summed E-state index contributed by atoms with van der Waals surface area (Å²) >= 11 is 0. The molecule has 0 spiro atoms. The summed E-state index contributed by atoms with van der Waals surface area (Å²) in [6.45, 7) is 8.96. The highest BCUT2D eigenvalue weighted by Crippen LogP contribution is 2.08. The number of rotatable bonds is 9. The maximum Gasteiger partial charge on any atom is 0.279 e. The van der Waals surface area contributed by atoms with Gasteiger partial charge in [-0.15, -0.1) is 0 Å². The summed E-state index contributed by atoms with van der Waals surface area (Å²) in [5.74, 6) is 0.548. The fraction of sp³-hybridized carbons (Fsp3) is 0.579. The van der Waals surface area contributed by atoms with Gasteiger partial charge in [0.15, 0.2) is 13.1 Å². The van der Waals surface area contributed by atoms with E-state index >= 15 is 0 Å². The number of carbonyl (C=O) groups is 2. The van der Waals surface area contributed by atoms with Gasteiger partial charge in [0.1, 0.15) is 0 Å². The first-order valence-corrected chi connectivity index (χ1v) is 8.73. The molecule has 1 rings (SSSR count). The molecule has 0 aliphatic heterocycles. The second-order valence-corrected chi connectivity index (χ2v) is 7.16. The molecule has 1 aromatic rings. The van der Waals surface area contributed by atoms with Gasteiger partial charge in [-0.2, -0.15) is 0 Å². The Morgan fingerprint density at radius 2 is 1.58 bits per heavy atom. The van der Waals surface area contributed by atoms with Crippen molar-refractivity contribution < 1.29 is 14.5 Å². The van der Waals surface area contributed by atoms with E-state index in [0.717, 1.165) is 29.0 Å². The van der Waals surface area contributed by atoms with E-state index in [1.165, 1.54) is 0 Å². The Hall–Kier alpha value is -1.88. The quantitative estimate of drug-likeness (QED) is 0.639. The monoisotopic (exact) mass is 334 g/mol. The molecule has 0 saturated carbocycles. The first-order chi connectivity index (χ1) is 11.3. The molecule has 0 saturated heterocycles. The zero-order valence-electron chi connectivity index (χ0n) is 15.6. The summed E-state index contributed by atoms with van der Waals surface area (Å²) in [6.07, 6.45) is 2.08. The van der Waals surface area contributed by atoms with Crippen molar-refractivity contribution in [3.05, 3.63) is 29.8 Å². The lowest BCUT2D eigenvalue weighted by molar-refractivity contribution is -0.862. The maximum absolute atomic E-state index is 12.0. The molecule has 0 fully saturated rings. The van der Waals surface area contributed by atoms with E-state index in [1.807, 2.05) is 45.2 Å². The van der Waals surface area contributed by atoms with Crippen LogP contribution in [-0.4, -0.2) is 38.0 Å². The third-order valence-electron chi connectivity index (χ3n) is 3.84. The topological polar surface area (TPSA) is 62.6 Å². The zero-order valence-corrected chi connectivity index (χ0v) is 15.6. The van der Waals surface area contributed by atoms with Crippen LogP contribution >= 0.6 is 0 Å². The molecule has 0 aromatic heterocycles. The van der Waals surface area contributed by atoms with Crippen molar-refractivity contribution in [1.29, 1.82) is 0 Å². The molecule has 0 bridgehead atoms. The number of nitrogens with one attached hydrogen (secondary N) is 3. The van der Waals surface area contributed by atoms with Crippen LogP contribution in [0.4, 0.5) is 5.69 Å². The Balaban J connectivity index is 2.31. The van der Waals surface area contributed by atoms with E-state index in [9.17, 15) is 9.59 Å². The van der Waals surface area contributed by atoms with Gasteiger partial charge >= 0.3 is 0 Å². The molecule has 1 unspecified atom stereocenters. The van der Waals surface area contributed by atoms with Gasteiger partial charge in [-0.1, -0.05) is 31.5 Å². The van der Waals surface area contributed by atoms with Gasteiger partial charge < -0.3 is 15.5 Å². The molecule has 0 radical (unpaired) electrons. The fourth-order valence-electron chi connectivity index (χ4n) is 2.43. The lowest BCUT2D eigenvalue weighted by atomic mass is 10.0. The van der Waals surface area contributed by atoms with Crippen molar-refractivity contribution in [2.24, 2.45) is 5.92 Å². The predicted molar refractivity (Wildman–Crippen MR) is 98.1 cm³/mol. The minimum absolute atomic E-state index is 0.00751. The Morgan fingerprint density at radius 3 is 2.17 bits per heavy atom. The molecule has 0 heterocycles. The molecule has 5 heteroatoms. The summed E-state index contributed by atoms with van der Waals surface area (Å²) in [5.41, 5.74) is 1.93. The molecule has 2 amide bonds. The third kappa shape index (κ3) is 8.67. The van der Waals surface area contributed by atoms with E-state index < -0.39 is 0 Å². The van der Waals surface area contributed by atoms with Gasteiger partial charge in [0.2, 0.25) is 0 Å². The largest absolute Gasteiger partial charge is 0.349 e. The van der Waals surface area contributed by atoms with E-state index in [-0.39, 0.29) is 24.4 Å². The van der Waals surface area contributed by atoms with Crippen LogP contribution < -0.4 is 15.5 Å². The fourth-order valence-corrected chi connectivity index (χ4v) is 2.43. The number of amides is 2. The molecule has 2 atom stereocenters. The summed E-state index contributed by atoms with van der Waals surface area (Å²) in [4.78, 5) is 24.9. The van der Waals surface area contributed by atoms with Gasteiger partial charge in [0, 0.05) is 11.7 Å². The SMILES string of the molecule is Cc1ccc(NC(=O)C[NH+](C)CC(=O)N[C@H](C)CCC(C)C)cc1. The number of anilines is 1. The number of quaternary nitrogens is 1. The number of benzene rings is 1. The zero-order chi connectivity index (χ0) is 18.1. The molecule has 0 aliphatic carbocycles. The molecule has 0 aliphatic rings. The van der Waals surface area contributed by atoms with Crippen LogP contribution in [0.5, 0.6) is 0 Å². The average molecular weight is 334 g/mol. The maximum atomic E-state index is 12.0. The van der Waals surface area contributed by atoms with E-state index in [0.29, 0.717) is 12.5 Å². The summed E-state index contributed by atoms with van der Waals surface area (Å²) < 4.78 is 0. The number of carbonyl (C=O) groups excluding carboxylic acids is 2. The standard InChI is InChI=1S/C19H31N3O2/c1-14(2)6-9-16(4)20-18(23)12-22(5)13-19(24)21-17-10-7-15(3)8-11-17/h7-8,10-11,14,16H,6,9,12-13H2,1-5H3,(H,20,23)(H,21,24)/p+1/t16-/m1/s1. The van der Waals surface area contributed by atoms with Gasteiger partial charge in [0.25, 0.3) is 11.8 Å². The van der Waals surface area contributed by atoms with Crippen molar-refractivity contribution in [3.63, 3.8) is 0 Å². The number of hydrogen-bond donors (Lipinski definition) is 3. The summed E-state index contributed by atoms with van der Waals surface area (Å²) in [5, 5.41) is 5.86. The number of hydrogen-bond acceptors (Lipinski definition) is 2. The van der Waals surface area contributed by atoms with Gasteiger partial charge in [-0.3, -0.25) is 9.59 Å². The van der Waals surface area contributed by atoms with Gasteiger partial charge in [-0.25, -0.2) is 0 Å². The van der Waals surface area contributed by atoms with Crippen LogP contribution in [-0.2, 0) is 9.59 Å². The van der Waals surface area contributed by atoms with E-state index in [4.69, 9.17) is 0 Å². The van der Waals surface area contributed by atoms with Crippen molar-refractivity contribution in [1.82, 2.24) is 5.32 Å². The second kappa shape index (κ2) is 10.1. The Labute approximate surface area is 145 Å². The van der Waals surface area contributed by atoms with Crippen LogP contribution in [0, 0.1) is 12.8 Å². The Bertz CT molecular complexity index is 526. The lowest BCUT2D eigenvalue weighted by Crippen LogP contribution is -3.11. The number of likely N-dealkylation sites (N-methyl/N-ethyl adjacent to an activating group) is 1.